The largest absolute Gasteiger partial charge is 0.321 e. The van der Waals surface area contributed by atoms with E-state index in [9.17, 15) is 8.78 Å². The van der Waals surface area contributed by atoms with Crippen LogP contribution in [0.25, 0.3) is 0 Å². The molecule has 0 spiro atoms. The zero-order chi connectivity index (χ0) is 14.2. The molecule has 3 nitrogen and oxygen atoms in total. The number of halogens is 2. The highest BCUT2D eigenvalue weighted by molar-refractivity contribution is 5.27. The summed E-state index contributed by atoms with van der Waals surface area (Å²) in [5, 5.41) is 4.24. The van der Waals surface area contributed by atoms with Gasteiger partial charge in [0, 0.05) is 30.8 Å². The van der Waals surface area contributed by atoms with E-state index in [0.717, 1.165) is 17.5 Å². The Bertz CT molecular complexity index is 582. The lowest BCUT2D eigenvalue weighted by atomic mass is 9.88. The number of nitrogens with two attached hydrogens (primary N) is 1. The molecule has 0 fully saturated rings. The number of hydrogen-bond donors (Lipinski definition) is 1. The average Bonchev–Trinajstić information content (AvgIpc) is 2.55. The monoisotopic (exact) mass is 265 g/mol. The maximum Gasteiger partial charge on any atom is 0.126 e. The maximum atomic E-state index is 13.3. The molecule has 1 heterocycles. The molecule has 0 aliphatic heterocycles. The second-order valence-corrected chi connectivity index (χ2v) is 5.15. The molecule has 0 aliphatic rings. The number of aromatic nitrogens is 2. The summed E-state index contributed by atoms with van der Waals surface area (Å²) >= 11 is 0. The highest BCUT2D eigenvalue weighted by atomic mass is 19.1. The number of aryl methyl sites for hydroxylation is 2. The number of hydrogen-bond acceptors (Lipinski definition) is 2. The first kappa shape index (κ1) is 13.7. The zero-order valence-corrected chi connectivity index (χ0v) is 11.2. The molecule has 0 aliphatic carbocycles. The van der Waals surface area contributed by atoms with Gasteiger partial charge < -0.3 is 5.73 Å². The molecule has 2 rings (SSSR count). The molecule has 2 N–H and O–H groups in total. The lowest BCUT2D eigenvalue weighted by Crippen LogP contribution is -2.36. The van der Waals surface area contributed by atoms with E-state index in [4.69, 9.17) is 5.73 Å². The van der Waals surface area contributed by atoms with E-state index in [2.05, 4.69) is 5.10 Å². The van der Waals surface area contributed by atoms with Crippen LogP contribution in [0.3, 0.4) is 0 Å². The fourth-order valence-corrected chi connectivity index (χ4v) is 2.19. The van der Waals surface area contributed by atoms with E-state index >= 15 is 0 Å². The summed E-state index contributed by atoms with van der Waals surface area (Å²) in [6.45, 7) is 3.64. The Morgan fingerprint density at radius 1 is 1.21 bits per heavy atom. The Balaban J connectivity index is 2.34. The van der Waals surface area contributed by atoms with Crippen LogP contribution in [0.1, 0.15) is 23.9 Å². The van der Waals surface area contributed by atoms with Gasteiger partial charge in [-0.15, -0.1) is 0 Å². The summed E-state index contributed by atoms with van der Waals surface area (Å²) in [5.41, 5.74) is 7.60. The third-order valence-electron chi connectivity index (χ3n) is 3.17. The minimum absolute atomic E-state index is 0.434. The highest BCUT2D eigenvalue weighted by Crippen LogP contribution is 2.24. The first-order chi connectivity index (χ1) is 8.78. The van der Waals surface area contributed by atoms with Gasteiger partial charge in [0.15, 0.2) is 0 Å². The van der Waals surface area contributed by atoms with Gasteiger partial charge in [-0.3, -0.25) is 4.68 Å². The molecule has 0 bridgehead atoms. The lowest BCUT2D eigenvalue weighted by molar-refractivity contribution is 0.462. The van der Waals surface area contributed by atoms with Gasteiger partial charge in [-0.25, -0.2) is 8.78 Å². The molecular weight excluding hydrogens is 248 g/mol. The molecule has 0 radical (unpaired) electrons. The Labute approximate surface area is 111 Å². The van der Waals surface area contributed by atoms with Crippen molar-refractivity contribution in [2.24, 2.45) is 12.8 Å². The van der Waals surface area contributed by atoms with E-state index in [1.807, 2.05) is 20.0 Å². The summed E-state index contributed by atoms with van der Waals surface area (Å²) in [6.07, 6.45) is 0.452. The molecular formula is C14H17F2N3. The van der Waals surface area contributed by atoms with Crippen molar-refractivity contribution in [2.75, 3.05) is 0 Å². The second-order valence-electron chi connectivity index (χ2n) is 5.15. The Morgan fingerprint density at radius 3 is 2.26 bits per heavy atom. The van der Waals surface area contributed by atoms with Gasteiger partial charge in [-0.05, 0) is 37.6 Å². The van der Waals surface area contributed by atoms with Gasteiger partial charge in [0.05, 0.1) is 5.69 Å². The van der Waals surface area contributed by atoms with Crippen LogP contribution < -0.4 is 5.73 Å². The lowest BCUT2D eigenvalue weighted by Gasteiger charge is -2.25. The highest BCUT2D eigenvalue weighted by Gasteiger charge is 2.24. The molecule has 1 unspecified atom stereocenters. The smallest absolute Gasteiger partial charge is 0.126 e. The number of nitrogens with zero attached hydrogens (tertiary/aromatic N) is 2. The normalized spacial score (nSPS) is 14.4. The Morgan fingerprint density at radius 2 is 1.79 bits per heavy atom. The molecule has 0 amide bonds. The Kier molecular flexibility index (Phi) is 3.41. The molecule has 1 aromatic carbocycles. The first-order valence-corrected chi connectivity index (χ1v) is 6.03. The fourth-order valence-electron chi connectivity index (χ4n) is 2.19. The summed E-state index contributed by atoms with van der Waals surface area (Å²) in [7, 11) is 1.82. The van der Waals surface area contributed by atoms with Gasteiger partial charge in [0.2, 0.25) is 0 Å². The predicted octanol–water partition coefficient (Wildman–Crippen LogP) is 2.42. The van der Waals surface area contributed by atoms with E-state index in [0.29, 0.717) is 12.0 Å². The summed E-state index contributed by atoms with van der Waals surface area (Å²) < 4.78 is 28.3. The van der Waals surface area contributed by atoms with Crippen molar-refractivity contribution in [1.82, 2.24) is 9.78 Å². The standard InChI is InChI=1S/C14H17F2N3/c1-9-4-13(19(3)18-9)8-14(2,17)10-5-11(15)7-12(16)6-10/h4-7H,8,17H2,1-3H3. The Hall–Kier alpha value is -1.75. The van der Waals surface area contributed by atoms with Gasteiger partial charge >= 0.3 is 0 Å². The fraction of sp³-hybridized carbons (Fsp3) is 0.357. The molecule has 2 aromatic rings. The molecule has 0 saturated carbocycles. The minimum Gasteiger partial charge on any atom is -0.321 e. The average molecular weight is 265 g/mol. The molecule has 1 aromatic heterocycles. The SMILES string of the molecule is Cc1cc(CC(C)(N)c2cc(F)cc(F)c2)n(C)n1. The van der Waals surface area contributed by atoms with Crippen LogP contribution in [0, 0.1) is 18.6 Å². The zero-order valence-electron chi connectivity index (χ0n) is 11.2. The van der Waals surface area contributed by atoms with Crippen LogP contribution in [-0.4, -0.2) is 9.78 Å². The van der Waals surface area contributed by atoms with Crippen molar-refractivity contribution in [2.45, 2.75) is 25.8 Å². The van der Waals surface area contributed by atoms with Crippen molar-refractivity contribution >= 4 is 0 Å². The van der Waals surface area contributed by atoms with E-state index in [1.165, 1.54) is 12.1 Å². The van der Waals surface area contributed by atoms with Crippen molar-refractivity contribution in [3.63, 3.8) is 0 Å². The van der Waals surface area contributed by atoms with Crippen LogP contribution in [0.4, 0.5) is 8.78 Å². The maximum absolute atomic E-state index is 13.3. The molecule has 0 saturated heterocycles. The quantitative estimate of drug-likeness (QED) is 0.926. The van der Waals surface area contributed by atoms with Gasteiger partial charge in [0.1, 0.15) is 11.6 Å². The molecule has 19 heavy (non-hydrogen) atoms. The van der Waals surface area contributed by atoms with E-state index in [-0.39, 0.29) is 0 Å². The van der Waals surface area contributed by atoms with Crippen molar-refractivity contribution in [1.29, 1.82) is 0 Å². The second kappa shape index (κ2) is 4.74. The summed E-state index contributed by atoms with van der Waals surface area (Å²) in [5.74, 6) is -1.24. The van der Waals surface area contributed by atoms with Crippen LogP contribution in [0.15, 0.2) is 24.3 Å². The van der Waals surface area contributed by atoms with Gasteiger partial charge in [-0.1, -0.05) is 0 Å². The van der Waals surface area contributed by atoms with Crippen molar-refractivity contribution in [3.05, 3.63) is 52.9 Å². The summed E-state index contributed by atoms with van der Waals surface area (Å²) in [4.78, 5) is 0. The number of benzene rings is 1. The minimum atomic E-state index is -0.858. The van der Waals surface area contributed by atoms with Crippen molar-refractivity contribution in [3.8, 4) is 0 Å². The molecule has 1 atom stereocenters. The van der Waals surface area contributed by atoms with Crippen LogP contribution in [-0.2, 0) is 19.0 Å². The van der Waals surface area contributed by atoms with E-state index < -0.39 is 17.2 Å². The molecule has 5 heteroatoms. The molecule has 102 valence electrons. The van der Waals surface area contributed by atoms with E-state index in [1.54, 1.807) is 11.6 Å². The first-order valence-electron chi connectivity index (χ1n) is 6.03. The van der Waals surface area contributed by atoms with Crippen LogP contribution >= 0.6 is 0 Å². The van der Waals surface area contributed by atoms with Crippen LogP contribution in [0.2, 0.25) is 0 Å². The van der Waals surface area contributed by atoms with Gasteiger partial charge in [0.25, 0.3) is 0 Å². The van der Waals surface area contributed by atoms with Crippen LogP contribution in [0.5, 0.6) is 0 Å². The summed E-state index contributed by atoms with van der Waals surface area (Å²) in [6, 6.07) is 5.30. The predicted molar refractivity (Wildman–Crippen MR) is 69.5 cm³/mol. The topological polar surface area (TPSA) is 43.8 Å². The third kappa shape index (κ3) is 2.98. The number of rotatable bonds is 3. The van der Waals surface area contributed by atoms with Crippen molar-refractivity contribution < 1.29 is 8.78 Å². The third-order valence-corrected chi connectivity index (χ3v) is 3.17. The van der Waals surface area contributed by atoms with Gasteiger partial charge in [-0.2, -0.15) is 5.10 Å².